The third-order valence-electron chi connectivity index (χ3n) is 3.40. The van der Waals surface area contributed by atoms with Gasteiger partial charge in [0.15, 0.2) is 6.23 Å². The number of anilines is 1. The van der Waals surface area contributed by atoms with Crippen LogP contribution in [0, 0.1) is 0 Å². The molecule has 0 spiro atoms. The van der Waals surface area contributed by atoms with E-state index in [-0.39, 0.29) is 0 Å². The fourth-order valence-electron chi connectivity index (χ4n) is 2.12. The van der Waals surface area contributed by atoms with Gasteiger partial charge in [-0.05, 0) is 42.7 Å². The summed E-state index contributed by atoms with van der Waals surface area (Å²) in [7, 11) is 0. The lowest BCUT2D eigenvalue weighted by molar-refractivity contribution is 0.183. The van der Waals surface area contributed by atoms with Gasteiger partial charge in [-0.1, -0.05) is 55.2 Å². The molecule has 2 rings (SSSR count). The zero-order chi connectivity index (χ0) is 17.7. The molecule has 0 aliphatic carbocycles. The van der Waals surface area contributed by atoms with Crippen molar-refractivity contribution in [1.29, 1.82) is 0 Å². The van der Waals surface area contributed by atoms with Crippen LogP contribution in [0.25, 0.3) is 0 Å². The van der Waals surface area contributed by atoms with Crippen LogP contribution in [0.3, 0.4) is 0 Å². The molecule has 1 atom stereocenters. The Morgan fingerprint density at radius 3 is 2.12 bits per heavy atom. The zero-order valence-corrected chi connectivity index (χ0v) is 15.3. The number of hydrogen-bond acceptors (Lipinski definition) is 2. The summed E-state index contributed by atoms with van der Waals surface area (Å²) in [6.07, 6.45) is -0.517. The molecular weight excluding hydrogens is 347 g/mol. The highest BCUT2D eigenvalue weighted by molar-refractivity contribution is 6.39. The number of benzene rings is 2. The first-order valence-corrected chi connectivity index (χ1v) is 8.40. The van der Waals surface area contributed by atoms with Crippen LogP contribution in [0.5, 0.6) is 5.75 Å². The Labute approximate surface area is 152 Å². The largest absolute Gasteiger partial charge is 0.471 e. The van der Waals surface area contributed by atoms with E-state index >= 15 is 0 Å². The predicted molar refractivity (Wildman–Crippen MR) is 99.2 cm³/mol. The molecule has 0 aliphatic heterocycles. The molecule has 0 aromatic heterocycles. The minimum Gasteiger partial charge on any atom is -0.471 e. The number of carbonyl (C=O) groups excluding carboxylic acids is 1. The maximum absolute atomic E-state index is 12.0. The Kier molecular flexibility index (Phi) is 6.35. The molecule has 0 radical (unpaired) electrons. The molecule has 2 amide bonds. The normalized spacial score (nSPS) is 11.9. The molecule has 1 unspecified atom stereocenters. The summed E-state index contributed by atoms with van der Waals surface area (Å²) in [6, 6.07) is 12.4. The van der Waals surface area contributed by atoms with Crippen molar-refractivity contribution >= 4 is 34.9 Å². The van der Waals surface area contributed by atoms with Crippen LogP contribution in [0.15, 0.2) is 42.5 Å². The van der Waals surface area contributed by atoms with Crippen molar-refractivity contribution in [3.05, 3.63) is 58.1 Å². The molecule has 0 saturated carbocycles. The van der Waals surface area contributed by atoms with Crippen LogP contribution in [0.4, 0.5) is 10.5 Å². The summed E-state index contributed by atoms with van der Waals surface area (Å²) in [6.45, 7) is 6.00. The molecule has 128 valence electrons. The molecule has 2 N–H and O–H groups in total. The van der Waals surface area contributed by atoms with Gasteiger partial charge in [0.25, 0.3) is 0 Å². The fourth-order valence-corrected chi connectivity index (χ4v) is 2.61. The van der Waals surface area contributed by atoms with Crippen LogP contribution >= 0.6 is 23.2 Å². The van der Waals surface area contributed by atoms with E-state index in [4.69, 9.17) is 27.9 Å². The van der Waals surface area contributed by atoms with E-state index in [1.165, 1.54) is 5.56 Å². The van der Waals surface area contributed by atoms with E-state index in [9.17, 15) is 4.79 Å². The van der Waals surface area contributed by atoms with Crippen LogP contribution in [-0.4, -0.2) is 12.3 Å². The van der Waals surface area contributed by atoms with Gasteiger partial charge in [-0.3, -0.25) is 0 Å². The van der Waals surface area contributed by atoms with E-state index in [2.05, 4.69) is 24.5 Å². The maximum Gasteiger partial charge on any atom is 0.322 e. The average Bonchev–Trinajstić information content (AvgIpc) is 2.51. The quantitative estimate of drug-likeness (QED) is 0.670. The Morgan fingerprint density at radius 2 is 1.58 bits per heavy atom. The van der Waals surface area contributed by atoms with Crippen LogP contribution in [-0.2, 0) is 0 Å². The number of ether oxygens (including phenoxy) is 1. The second kappa shape index (κ2) is 8.27. The first-order chi connectivity index (χ1) is 11.4. The van der Waals surface area contributed by atoms with Crippen molar-refractivity contribution in [2.45, 2.75) is 32.9 Å². The Hall–Kier alpha value is -1.91. The SMILES string of the molecule is CC(NC(=O)Nc1c(Cl)cccc1Cl)Oc1ccc(C(C)C)cc1. The topological polar surface area (TPSA) is 50.4 Å². The lowest BCUT2D eigenvalue weighted by atomic mass is 10.0. The van der Waals surface area contributed by atoms with E-state index in [0.29, 0.717) is 27.4 Å². The molecule has 0 bridgehead atoms. The van der Waals surface area contributed by atoms with Crippen LogP contribution < -0.4 is 15.4 Å². The van der Waals surface area contributed by atoms with E-state index in [1.54, 1.807) is 25.1 Å². The van der Waals surface area contributed by atoms with Gasteiger partial charge in [-0.15, -0.1) is 0 Å². The molecule has 24 heavy (non-hydrogen) atoms. The summed E-state index contributed by atoms with van der Waals surface area (Å²) < 4.78 is 5.68. The van der Waals surface area contributed by atoms with Crippen molar-refractivity contribution in [3.63, 3.8) is 0 Å². The highest BCUT2D eigenvalue weighted by Crippen LogP contribution is 2.29. The Bertz CT molecular complexity index is 682. The van der Waals surface area contributed by atoms with Gasteiger partial charge in [0.1, 0.15) is 5.75 Å². The minimum atomic E-state index is -0.517. The van der Waals surface area contributed by atoms with Gasteiger partial charge in [0.2, 0.25) is 0 Å². The summed E-state index contributed by atoms with van der Waals surface area (Å²) in [5, 5.41) is 6.05. The highest BCUT2D eigenvalue weighted by atomic mass is 35.5. The third kappa shape index (κ3) is 5.05. The van der Waals surface area contributed by atoms with Crippen molar-refractivity contribution < 1.29 is 9.53 Å². The molecule has 0 fully saturated rings. The molecule has 0 aliphatic rings. The van der Waals surface area contributed by atoms with E-state index in [1.807, 2.05) is 24.3 Å². The number of hydrogen-bond donors (Lipinski definition) is 2. The second-order valence-corrected chi connectivity index (χ2v) is 6.49. The monoisotopic (exact) mass is 366 g/mol. The fraction of sp³-hybridized carbons (Fsp3) is 0.278. The average molecular weight is 367 g/mol. The second-order valence-electron chi connectivity index (χ2n) is 5.68. The van der Waals surface area contributed by atoms with E-state index in [0.717, 1.165) is 0 Å². The van der Waals surface area contributed by atoms with Crippen LogP contribution in [0.1, 0.15) is 32.3 Å². The van der Waals surface area contributed by atoms with Crippen molar-refractivity contribution in [2.75, 3.05) is 5.32 Å². The van der Waals surface area contributed by atoms with Crippen molar-refractivity contribution in [2.24, 2.45) is 0 Å². The number of amides is 2. The molecule has 2 aromatic carbocycles. The number of para-hydroxylation sites is 1. The number of rotatable bonds is 5. The smallest absolute Gasteiger partial charge is 0.322 e. The Balaban J connectivity index is 1.92. The van der Waals surface area contributed by atoms with Gasteiger partial charge >= 0.3 is 6.03 Å². The number of nitrogens with one attached hydrogen (secondary N) is 2. The Morgan fingerprint density at radius 1 is 1.00 bits per heavy atom. The number of carbonyl (C=O) groups is 1. The summed E-state index contributed by atoms with van der Waals surface area (Å²) >= 11 is 12.0. The van der Waals surface area contributed by atoms with Gasteiger partial charge < -0.3 is 15.4 Å². The molecule has 0 heterocycles. The zero-order valence-electron chi connectivity index (χ0n) is 13.8. The molecular formula is C18H20Cl2N2O2. The standard InChI is InChI=1S/C18H20Cl2N2O2/c1-11(2)13-7-9-14(10-8-13)24-12(3)21-18(23)22-17-15(19)5-4-6-16(17)20/h4-12H,1-3H3,(H2,21,22,23). The van der Waals surface area contributed by atoms with Gasteiger partial charge in [0, 0.05) is 0 Å². The van der Waals surface area contributed by atoms with Crippen molar-refractivity contribution in [1.82, 2.24) is 5.32 Å². The van der Waals surface area contributed by atoms with Crippen molar-refractivity contribution in [3.8, 4) is 5.75 Å². The lowest BCUT2D eigenvalue weighted by Crippen LogP contribution is -2.39. The maximum atomic E-state index is 12.0. The molecule has 0 saturated heterocycles. The predicted octanol–water partition coefficient (Wildman–Crippen LogP) is 5.66. The van der Waals surface area contributed by atoms with Gasteiger partial charge in [-0.25, -0.2) is 4.79 Å². The minimum absolute atomic E-state index is 0.367. The van der Waals surface area contributed by atoms with Crippen LogP contribution in [0.2, 0.25) is 10.0 Å². The highest BCUT2D eigenvalue weighted by Gasteiger charge is 2.12. The first kappa shape index (κ1) is 18.4. The number of halogens is 2. The van der Waals surface area contributed by atoms with E-state index < -0.39 is 12.3 Å². The molecule has 6 heteroatoms. The third-order valence-corrected chi connectivity index (χ3v) is 4.03. The van der Waals surface area contributed by atoms with Gasteiger partial charge in [0.05, 0.1) is 15.7 Å². The van der Waals surface area contributed by atoms with Gasteiger partial charge in [-0.2, -0.15) is 0 Å². The molecule has 4 nitrogen and oxygen atoms in total. The first-order valence-electron chi connectivity index (χ1n) is 7.65. The summed E-state index contributed by atoms with van der Waals surface area (Å²) in [5.74, 6) is 1.14. The lowest BCUT2D eigenvalue weighted by Gasteiger charge is -2.18. The molecule has 2 aromatic rings. The number of urea groups is 1. The summed E-state index contributed by atoms with van der Waals surface area (Å²) in [4.78, 5) is 12.0. The summed E-state index contributed by atoms with van der Waals surface area (Å²) in [5.41, 5.74) is 1.60.